The van der Waals surface area contributed by atoms with E-state index < -0.39 is 5.97 Å². The minimum atomic E-state index is -0.858. The number of unbranched alkanes of at least 4 members (excludes halogenated alkanes) is 2. The van der Waals surface area contributed by atoms with Crippen molar-refractivity contribution in [1.29, 1.82) is 0 Å². The van der Waals surface area contributed by atoms with Gasteiger partial charge in [0.2, 0.25) is 0 Å². The third-order valence-electron chi connectivity index (χ3n) is 7.31. The Morgan fingerprint density at radius 2 is 1.54 bits per heavy atom. The lowest BCUT2D eigenvalue weighted by Gasteiger charge is -2.37. The van der Waals surface area contributed by atoms with Gasteiger partial charge in [-0.25, -0.2) is 4.79 Å². The number of aromatic carboxylic acids is 1. The molecule has 0 bridgehead atoms. The number of rotatable bonds is 8. The second-order valence-corrected chi connectivity index (χ2v) is 9.24. The molecule has 28 heavy (non-hydrogen) atoms. The van der Waals surface area contributed by atoms with Crippen LogP contribution in [0, 0.1) is 23.7 Å². The van der Waals surface area contributed by atoms with E-state index in [2.05, 4.69) is 19.1 Å². The molecule has 0 heterocycles. The van der Waals surface area contributed by atoms with E-state index >= 15 is 0 Å². The van der Waals surface area contributed by atoms with Crippen molar-refractivity contribution in [2.75, 3.05) is 0 Å². The smallest absolute Gasteiger partial charge is 0.335 e. The Labute approximate surface area is 171 Å². The Hall–Kier alpha value is -1.57. The van der Waals surface area contributed by atoms with Gasteiger partial charge in [0, 0.05) is 0 Å². The number of benzene rings is 1. The van der Waals surface area contributed by atoms with E-state index in [0.717, 1.165) is 23.3 Å². The van der Waals surface area contributed by atoms with Crippen LogP contribution in [-0.2, 0) is 0 Å². The van der Waals surface area contributed by atoms with Gasteiger partial charge in [0.25, 0.3) is 0 Å². The molecule has 2 saturated carbocycles. The van der Waals surface area contributed by atoms with Crippen molar-refractivity contribution in [3.8, 4) is 0 Å². The van der Waals surface area contributed by atoms with Gasteiger partial charge in [-0.3, -0.25) is 0 Å². The first kappa shape index (κ1) is 21.1. The maximum atomic E-state index is 10.9. The van der Waals surface area contributed by atoms with E-state index in [1.807, 2.05) is 12.1 Å². The van der Waals surface area contributed by atoms with Gasteiger partial charge in [0.05, 0.1) is 5.56 Å². The van der Waals surface area contributed by atoms with Crippen LogP contribution < -0.4 is 0 Å². The van der Waals surface area contributed by atoms with Crippen LogP contribution in [0.5, 0.6) is 0 Å². The molecule has 2 heteroatoms. The molecule has 0 aliphatic heterocycles. The van der Waals surface area contributed by atoms with E-state index in [1.165, 1.54) is 77.0 Å². The van der Waals surface area contributed by atoms with E-state index in [0.29, 0.717) is 11.5 Å². The summed E-state index contributed by atoms with van der Waals surface area (Å²) < 4.78 is 0. The van der Waals surface area contributed by atoms with Crippen molar-refractivity contribution in [3.63, 3.8) is 0 Å². The number of carboxylic acids is 1. The summed E-state index contributed by atoms with van der Waals surface area (Å²) in [4.78, 5) is 10.9. The second-order valence-electron chi connectivity index (χ2n) is 9.24. The predicted octanol–water partition coefficient (Wildman–Crippen LogP) is 7.59. The highest BCUT2D eigenvalue weighted by molar-refractivity contribution is 5.87. The zero-order valence-electron chi connectivity index (χ0n) is 17.6. The van der Waals surface area contributed by atoms with Crippen LogP contribution in [0.2, 0.25) is 0 Å². The zero-order valence-corrected chi connectivity index (χ0v) is 17.6. The molecule has 0 amide bonds. The van der Waals surface area contributed by atoms with Gasteiger partial charge in [-0.2, -0.15) is 0 Å². The largest absolute Gasteiger partial charge is 0.478 e. The molecule has 2 aliphatic carbocycles. The molecule has 2 fully saturated rings. The summed E-state index contributed by atoms with van der Waals surface area (Å²) in [6.07, 6.45) is 21.6. The molecule has 154 valence electrons. The minimum absolute atomic E-state index is 0.359. The zero-order chi connectivity index (χ0) is 19.8. The lowest BCUT2D eigenvalue weighted by atomic mass is 9.68. The number of hydrogen-bond acceptors (Lipinski definition) is 1. The monoisotopic (exact) mass is 382 g/mol. The van der Waals surface area contributed by atoms with Crippen molar-refractivity contribution in [2.45, 2.75) is 84.0 Å². The van der Waals surface area contributed by atoms with Crippen molar-refractivity contribution >= 4 is 12.0 Å². The summed E-state index contributed by atoms with van der Waals surface area (Å²) in [7, 11) is 0. The van der Waals surface area contributed by atoms with Gasteiger partial charge in [-0.1, -0.05) is 69.7 Å². The highest BCUT2D eigenvalue weighted by atomic mass is 16.4. The third-order valence-corrected chi connectivity index (χ3v) is 7.31. The molecule has 0 radical (unpaired) electrons. The van der Waals surface area contributed by atoms with Crippen molar-refractivity contribution in [1.82, 2.24) is 0 Å². The topological polar surface area (TPSA) is 37.3 Å². The molecule has 1 N–H and O–H groups in total. The standard InChI is InChI=1S/C26H38O2/c1-2-3-4-5-20-8-14-23(15-9-20)24-16-10-21(11-17-24)6-7-22-12-18-25(19-13-22)26(27)28/h6-7,12-13,18-21,23-24H,2-5,8-11,14-17H2,1H3,(H,27,28)/t20-,21-,23-,24-. The molecule has 0 unspecified atom stereocenters. The third kappa shape index (κ3) is 6.22. The first-order valence-electron chi connectivity index (χ1n) is 11.7. The molecule has 0 atom stereocenters. The molecule has 2 aliphatic rings. The fraction of sp³-hybridized carbons (Fsp3) is 0.654. The Balaban J connectivity index is 1.38. The van der Waals surface area contributed by atoms with Gasteiger partial charge >= 0.3 is 5.97 Å². The summed E-state index contributed by atoms with van der Waals surface area (Å²) in [5, 5.41) is 8.99. The van der Waals surface area contributed by atoms with Crippen molar-refractivity contribution in [2.24, 2.45) is 23.7 Å². The highest BCUT2D eigenvalue weighted by Gasteiger charge is 2.30. The maximum absolute atomic E-state index is 10.9. The molecule has 3 rings (SSSR count). The highest BCUT2D eigenvalue weighted by Crippen LogP contribution is 2.42. The summed E-state index contributed by atoms with van der Waals surface area (Å²) in [6.45, 7) is 2.30. The average molecular weight is 383 g/mol. The van der Waals surface area contributed by atoms with Gasteiger partial charge in [0.15, 0.2) is 0 Å². The average Bonchev–Trinajstić information content (AvgIpc) is 2.74. The Morgan fingerprint density at radius 3 is 2.11 bits per heavy atom. The minimum Gasteiger partial charge on any atom is -0.478 e. The number of allylic oxidation sites excluding steroid dienone is 1. The first-order chi connectivity index (χ1) is 13.7. The first-order valence-corrected chi connectivity index (χ1v) is 11.7. The molecular formula is C26H38O2. The second kappa shape index (κ2) is 10.8. The quantitative estimate of drug-likeness (QED) is 0.470. The normalized spacial score (nSPS) is 28.5. The molecule has 0 saturated heterocycles. The van der Waals surface area contributed by atoms with Crippen molar-refractivity contribution < 1.29 is 9.90 Å². The number of hydrogen-bond donors (Lipinski definition) is 1. The molecule has 2 nitrogen and oxygen atoms in total. The summed E-state index contributed by atoms with van der Waals surface area (Å²) in [5.74, 6) is 2.83. The van der Waals surface area contributed by atoms with Crippen LogP contribution in [-0.4, -0.2) is 11.1 Å². The Morgan fingerprint density at radius 1 is 0.929 bits per heavy atom. The van der Waals surface area contributed by atoms with Gasteiger partial charge in [0.1, 0.15) is 0 Å². The lowest BCUT2D eigenvalue weighted by Crippen LogP contribution is -2.25. The van der Waals surface area contributed by atoms with Crippen molar-refractivity contribution in [3.05, 3.63) is 41.5 Å². The van der Waals surface area contributed by atoms with Gasteiger partial charge in [-0.15, -0.1) is 0 Å². The maximum Gasteiger partial charge on any atom is 0.335 e. The van der Waals surface area contributed by atoms with Crippen LogP contribution >= 0.6 is 0 Å². The Bertz CT molecular complexity index is 614. The van der Waals surface area contributed by atoms with Crippen LogP contribution in [0.3, 0.4) is 0 Å². The molecule has 0 spiro atoms. The van der Waals surface area contributed by atoms with Gasteiger partial charge < -0.3 is 5.11 Å². The summed E-state index contributed by atoms with van der Waals surface area (Å²) >= 11 is 0. The van der Waals surface area contributed by atoms with E-state index in [-0.39, 0.29) is 0 Å². The van der Waals surface area contributed by atoms with E-state index in [4.69, 9.17) is 5.11 Å². The van der Waals surface area contributed by atoms with Crippen LogP contribution in [0.1, 0.15) is 99.9 Å². The van der Waals surface area contributed by atoms with E-state index in [1.54, 1.807) is 12.1 Å². The lowest BCUT2D eigenvalue weighted by molar-refractivity contribution is 0.0697. The van der Waals surface area contributed by atoms with Crippen LogP contribution in [0.15, 0.2) is 30.3 Å². The number of carboxylic acid groups (broad SMARTS) is 1. The molecule has 1 aromatic carbocycles. The van der Waals surface area contributed by atoms with Gasteiger partial charge in [-0.05, 0) is 79.9 Å². The Kier molecular flexibility index (Phi) is 8.18. The predicted molar refractivity (Wildman–Crippen MR) is 117 cm³/mol. The van der Waals surface area contributed by atoms with Crippen LogP contribution in [0.4, 0.5) is 0 Å². The molecule has 1 aromatic rings. The molecule has 0 aromatic heterocycles. The molecular weight excluding hydrogens is 344 g/mol. The number of carbonyl (C=O) groups is 1. The van der Waals surface area contributed by atoms with Crippen LogP contribution in [0.25, 0.3) is 6.08 Å². The summed E-state index contributed by atoms with van der Waals surface area (Å²) in [6, 6.07) is 7.20. The SMILES string of the molecule is CCCCC[C@H]1CC[C@H]([C@H]2CC[C@H](C=Cc3ccc(C(=O)O)cc3)CC2)CC1. The summed E-state index contributed by atoms with van der Waals surface area (Å²) in [5.41, 5.74) is 1.46. The fourth-order valence-corrected chi connectivity index (χ4v) is 5.42. The fourth-order valence-electron chi connectivity index (χ4n) is 5.42. The van der Waals surface area contributed by atoms with E-state index in [9.17, 15) is 4.79 Å².